The van der Waals surface area contributed by atoms with Crippen molar-refractivity contribution in [3.05, 3.63) is 45.7 Å². The highest BCUT2D eigenvalue weighted by molar-refractivity contribution is 7.13. The summed E-state index contributed by atoms with van der Waals surface area (Å²) in [6.45, 7) is 6.93. The van der Waals surface area contributed by atoms with Gasteiger partial charge in [-0.25, -0.2) is 4.98 Å². The molecule has 0 aromatic carbocycles. The van der Waals surface area contributed by atoms with Crippen molar-refractivity contribution in [3.63, 3.8) is 0 Å². The van der Waals surface area contributed by atoms with Gasteiger partial charge in [-0.3, -0.25) is 9.78 Å². The second-order valence-electron chi connectivity index (χ2n) is 5.78. The molecule has 4 nitrogen and oxygen atoms in total. The number of rotatable bonds is 7. The maximum Gasteiger partial charge on any atom is 0.263 e. The average Bonchev–Trinajstić information content (AvgIpc) is 2.87. The van der Waals surface area contributed by atoms with E-state index >= 15 is 0 Å². The van der Waals surface area contributed by atoms with Crippen LogP contribution in [0.3, 0.4) is 0 Å². The minimum absolute atomic E-state index is 0.000244. The van der Waals surface area contributed by atoms with Crippen LogP contribution in [0.25, 0.3) is 0 Å². The summed E-state index contributed by atoms with van der Waals surface area (Å²) >= 11 is 1.49. The Morgan fingerprint density at radius 3 is 2.82 bits per heavy atom. The van der Waals surface area contributed by atoms with Crippen molar-refractivity contribution in [1.29, 1.82) is 0 Å². The summed E-state index contributed by atoms with van der Waals surface area (Å²) in [6, 6.07) is 5.92. The topological polar surface area (TPSA) is 54.9 Å². The summed E-state index contributed by atoms with van der Waals surface area (Å²) in [5.74, 6) is 0.594. The summed E-state index contributed by atoms with van der Waals surface area (Å²) < 4.78 is 0. The molecule has 0 atom stereocenters. The van der Waals surface area contributed by atoms with Gasteiger partial charge in [0.15, 0.2) is 0 Å². The van der Waals surface area contributed by atoms with Crippen LogP contribution in [0.2, 0.25) is 0 Å². The minimum Gasteiger partial charge on any atom is -0.351 e. The molecule has 0 aliphatic heterocycles. The normalized spacial score (nSPS) is 10.9. The second-order valence-corrected chi connectivity index (χ2v) is 6.87. The smallest absolute Gasteiger partial charge is 0.263 e. The van der Waals surface area contributed by atoms with Gasteiger partial charge in [-0.15, -0.1) is 11.3 Å². The van der Waals surface area contributed by atoms with Crippen LogP contribution in [-0.4, -0.2) is 22.4 Å². The number of aryl methyl sites for hydroxylation is 3. The van der Waals surface area contributed by atoms with Gasteiger partial charge in [-0.05, 0) is 37.8 Å². The fraction of sp³-hybridized carbons (Fsp3) is 0.471. The molecule has 0 fully saturated rings. The summed E-state index contributed by atoms with van der Waals surface area (Å²) in [7, 11) is 0. The van der Waals surface area contributed by atoms with Crippen molar-refractivity contribution in [1.82, 2.24) is 15.3 Å². The molecule has 1 N–H and O–H groups in total. The van der Waals surface area contributed by atoms with Gasteiger partial charge in [-0.1, -0.05) is 19.9 Å². The van der Waals surface area contributed by atoms with Crippen LogP contribution in [0.1, 0.15) is 46.3 Å². The number of thiazole rings is 1. The van der Waals surface area contributed by atoms with E-state index in [0.717, 1.165) is 47.1 Å². The van der Waals surface area contributed by atoms with E-state index in [0.29, 0.717) is 5.92 Å². The largest absolute Gasteiger partial charge is 0.351 e. The van der Waals surface area contributed by atoms with Crippen LogP contribution >= 0.6 is 11.3 Å². The number of pyridine rings is 1. The van der Waals surface area contributed by atoms with Gasteiger partial charge in [0.05, 0.1) is 10.7 Å². The molecular formula is C17H23N3OS. The number of carbonyl (C=O) groups excluding carboxylic acids is 1. The number of nitrogens with zero attached hydrogens (tertiary/aromatic N) is 2. The Kier molecular flexibility index (Phi) is 6.07. The molecule has 0 unspecified atom stereocenters. The Morgan fingerprint density at radius 2 is 2.14 bits per heavy atom. The Bertz CT molecular complexity index is 608. The van der Waals surface area contributed by atoms with E-state index in [1.807, 2.05) is 25.1 Å². The van der Waals surface area contributed by atoms with Crippen LogP contribution in [0.15, 0.2) is 24.4 Å². The number of nitrogens with one attached hydrogen (secondary N) is 1. The average molecular weight is 317 g/mol. The Labute approximate surface area is 136 Å². The number of hydrogen-bond acceptors (Lipinski definition) is 4. The molecule has 0 saturated heterocycles. The lowest BCUT2D eigenvalue weighted by Crippen LogP contribution is -2.25. The molecule has 0 radical (unpaired) electrons. The van der Waals surface area contributed by atoms with Crippen molar-refractivity contribution < 1.29 is 4.79 Å². The SMILES string of the molecule is Cc1nc(CCc2ccccn2)sc1C(=O)NCCC(C)C. The number of carbonyl (C=O) groups is 1. The van der Waals surface area contributed by atoms with Crippen molar-refractivity contribution >= 4 is 17.2 Å². The molecule has 2 aromatic heterocycles. The monoisotopic (exact) mass is 317 g/mol. The van der Waals surface area contributed by atoms with E-state index < -0.39 is 0 Å². The summed E-state index contributed by atoms with van der Waals surface area (Å²) in [6.07, 6.45) is 4.47. The first-order chi connectivity index (χ1) is 10.6. The van der Waals surface area contributed by atoms with E-state index in [1.54, 1.807) is 6.20 Å². The van der Waals surface area contributed by atoms with Crippen molar-refractivity contribution in [2.24, 2.45) is 5.92 Å². The quantitative estimate of drug-likeness (QED) is 0.851. The van der Waals surface area contributed by atoms with Gasteiger partial charge in [0.1, 0.15) is 4.88 Å². The highest BCUT2D eigenvalue weighted by Crippen LogP contribution is 2.19. The van der Waals surface area contributed by atoms with Crippen molar-refractivity contribution in [2.45, 2.75) is 40.0 Å². The fourth-order valence-corrected chi connectivity index (χ4v) is 3.09. The molecule has 5 heteroatoms. The van der Waals surface area contributed by atoms with E-state index in [-0.39, 0.29) is 5.91 Å². The Morgan fingerprint density at radius 1 is 1.32 bits per heavy atom. The minimum atomic E-state index is -0.000244. The molecule has 22 heavy (non-hydrogen) atoms. The number of amides is 1. The standard InChI is InChI=1S/C17H23N3OS/c1-12(2)9-11-19-17(21)16-13(3)20-15(22-16)8-7-14-6-4-5-10-18-14/h4-6,10,12H,7-9,11H2,1-3H3,(H,19,21). The fourth-order valence-electron chi connectivity index (χ4n) is 2.11. The lowest BCUT2D eigenvalue weighted by Gasteiger charge is -2.05. The van der Waals surface area contributed by atoms with Gasteiger partial charge in [0, 0.05) is 24.9 Å². The van der Waals surface area contributed by atoms with Crippen LogP contribution in [0.4, 0.5) is 0 Å². The van der Waals surface area contributed by atoms with E-state index in [1.165, 1.54) is 11.3 Å². The molecule has 2 rings (SSSR count). The zero-order valence-corrected chi connectivity index (χ0v) is 14.2. The van der Waals surface area contributed by atoms with Gasteiger partial charge >= 0.3 is 0 Å². The molecule has 0 saturated carbocycles. The molecule has 0 spiro atoms. The van der Waals surface area contributed by atoms with Crippen LogP contribution in [0, 0.1) is 12.8 Å². The maximum atomic E-state index is 12.2. The van der Waals surface area contributed by atoms with Gasteiger partial charge in [0.2, 0.25) is 0 Å². The molecule has 1 amide bonds. The van der Waals surface area contributed by atoms with Crippen LogP contribution in [0.5, 0.6) is 0 Å². The van der Waals surface area contributed by atoms with Crippen LogP contribution in [-0.2, 0) is 12.8 Å². The van der Waals surface area contributed by atoms with Gasteiger partial charge in [0.25, 0.3) is 5.91 Å². The van der Waals surface area contributed by atoms with Gasteiger partial charge < -0.3 is 5.32 Å². The third-order valence-electron chi connectivity index (χ3n) is 3.38. The van der Waals surface area contributed by atoms with Crippen LogP contribution < -0.4 is 5.32 Å². The first kappa shape index (κ1) is 16.6. The third-order valence-corrected chi connectivity index (χ3v) is 4.59. The molecule has 0 aliphatic carbocycles. The summed E-state index contributed by atoms with van der Waals surface area (Å²) in [4.78, 5) is 21.8. The van der Waals surface area contributed by atoms with E-state index in [9.17, 15) is 4.79 Å². The highest BCUT2D eigenvalue weighted by atomic mass is 32.1. The molecule has 0 aliphatic rings. The van der Waals surface area contributed by atoms with E-state index in [2.05, 4.69) is 29.1 Å². The zero-order valence-electron chi connectivity index (χ0n) is 13.4. The first-order valence-electron chi connectivity index (χ1n) is 7.70. The highest BCUT2D eigenvalue weighted by Gasteiger charge is 2.15. The Balaban J connectivity index is 1.91. The Hall–Kier alpha value is -1.75. The summed E-state index contributed by atoms with van der Waals surface area (Å²) in [5.41, 5.74) is 1.88. The van der Waals surface area contributed by atoms with E-state index in [4.69, 9.17) is 0 Å². The molecular weight excluding hydrogens is 294 g/mol. The molecule has 2 heterocycles. The maximum absolute atomic E-state index is 12.2. The lowest BCUT2D eigenvalue weighted by atomic mass is 10.1. The molecule has 0 bridgehead atoms. The second kappa shape index (κ2) is 8.03. The number of aromatic nitrogens is 2. The van der Waals surface area contributed by atoms with Crippen molar-refractivity contribution in [2.75, 3.05) is 6.54 Å². The molecule has 118 valence electrons. The van der Waals surface area contributed by atoms with Gasteiger partial charge in [-0.2, -0.15) is 0 Å². The third kappa shape index (κ3) is 4.91. The number of hydrogen-bond donors (Lipinski definition) is 1. The predicted octanol–water partition coefficient (Wildman–Crippen LogP) is 3.41. The van der Waals surface area contributed by atoms with Crippen molar-refractivity contribution in [3.8, 4) is 0 Å². The zero-order chi connectivity index (χ0) is 15.9. The first-order valence-corrected chi connectivity index (χ1v) is 8.52. The lowest BCUT2D eigenvalue weighted by molar-refractivity contribution is 0.0955. The summed E-state index contributed by atoms with van der Waals surface area (Å²) in [5, 5.41) is 3.97. The molecule has 2 aromatic rings. The predicted molar refractivity (Wildman–Crippen MR) is 90.3 cm³/mol.